The molecule has 0 unspecified atom stereocenters. The number of hydrogen-bond donors (Lipinski definition) is 1. The lowest BCUT2D eigenvalue weighted by Crippen LogP contribution is -2.30. The number of amides is 1. The molecule has 0 aliphatic rings. The van der Waals surface area contributed by atoms with Crippen LogP contribution in [0.2, 0.25) is 0 Å². The van der Waals surface area contributed by atoms with E-state index in [4.69, 9.17) is 4.74 Å². The van der Waals surface area contributed by atoms with Crippen molar-refractivity contribution in [2.45, 2.75) is 19.8 Å². The molecular weight excluding hydrogens is 218 g/mol. The lowest BCUT2D eigenvalue weighted by molar-refractivity contribution is 0.0976. The highest BCUT2D eigenvalue weighted by molar-refractivity contribution is 5.98. The molecule has 0 radical (unpaired) electrons. The van der Waals surface area contributed by atoms with Crippen molar-refractivity contribution in [3.8, 4) is 0 Å². The Kier molecular flexibility index (Phi) is 5.79. The smallest absolute Gasteiger partial charge is 0.407 e. The van der Waals surface area contributed by atoms with Crippen LogP contribution in [0.4, 0.5) is 4.79 Å². The number of Topliss-reactive ketones (excluding diaryl/α,β-unsaturated/α-hetero) is 1. The second-order valence-corrected chi connectivity index (χ2v) is 3.63. The van der Waals surface area contributed by atoms with Crippen LogP contribution in [-0.2, 0) is 4.74 Å². The van der Waals surface area contributed by atoms with Crippen molar-refractivity contribution in [2.24, 2.45) is 0 Å². The van der Waals surface area contributed by atoms with Crippen molar-refractivity contribution in [2.75, 3.05) is 13.2 Å². The van der Waals surface area contributed by atoms with Crippen LogP contribution in [0.25, 0.3) is 0 Å². The molecule has 0 spiro atoms. The van der Waals surface area contributed by atoms with Crippen LogP contribution in [0.5, 0.6) is 0 Å². The molecule has 4 heteroatoms. The highest BCUT2D eigenvalue weighted by Crippen LogP contribution is 1.98. The molecule has 0 bridgehead atoms. The van der Waals surface area contributed by atoms with Crippen molar-refractivity contribution >= 4 is 11.9 Å². The topological polar surface area (TPSA) is 55.4 Å². The number of rotatable bonds is 6. The van der Waals surface area contributed by atoms with Crippen molar-refractivity contribution in [3.63, 3.8) is 0 Å². The average molecular weight is 235 g/mol. The van der Waals surface area contributed by atoms with Crippen molar-refractivity contribution in [1.29, 1.82) is 0 Å². The largest absolute Gasteiger partial charge is 0.450 e. The fourth-order valence-electron chi connectivity index (χ4n) is 1.24. The molecule has 0 saturated carbocycles. The predicted molar refractivity (Wildman–Crippen MR) is 65.0 cm³/mol. The fraction of sp³-hybridized carbons (Fsp3) is 0.385. The van der Waals surface area contributed by atoms with Crippen LogP contribution < -0.4 is 5.32 Å². The van der Waals surface area contributed by atoms with Gasteiger partial charge in [-0.1, -0.05) is 43.7 Å². The van der Waals surface area contributed by atoms with E-state index in [9.17, 15) is 9.59 Å². The molecule has 0 saturated heterocycles. The van der Waals surface area contributed by atoms with Gasteiger partial charge >= 0.3 is 6.09 Å². The summed E-state index contributed by atoms with van der Waals surface area (Å²) in [5, 5.41) is 2.43. The number of ether oxygens (including phenoxy) is 1. The number of alkyl carbamates (subject to hydrolysis) is 1. The third kappa shape index (κ3) is 5.15. The highest BCUT2D eigenvalue weighted by Gasteiger charge is 2.07. The molecule has 1 amide bonds. The maximum Gasteiger partial charge on any atom is 0.407 e. The zero-order chi connectivity index (χ0) is 12.5. The van der Waals surface area contributed by atoms with Gasteiger partial charge in [0.1, 0.15) is 0 Å². The summed E-state index contributed by atoms with van der Waals surface area (Å²) in [5.41, 5.74) is 0.585. The van der Waals surface area contributed by atoms with Crippen LogP contribution in [0, 0.1) is 0 Å². The summed E-state index contributed by atoms with van der Waals surface area (Å²) in [6, 6.07) is 8.84. The molecule has 1 N–H and O–H groups in total. The molecular formula is C13H17NO3. The zero-order valence-corrected chi connectivity index (χ0v) is 9.94. The summed E-state index contributed by atoms with van der Waals surface area (Å²) >= 11 is 0. The van der Waals surface area contributed by atoms with E-state index in [0.29, 0.717) is 12.2 Å². The first-order valence-corrected chi connectivity index (χ1v) is 5.73. The number of ketones is 1. The minimum atomic E-state index is -0.539. The van der Waals surface area contributed by atoms with E-state index in [-0.39, 0.29) is 12.3 Å². The van der Waals surface area contributed by atoms with Gasteiger partial charge < -0.3 is 10.1 Å². The van der Waals surface area contributed by atoms with Crippen LogP contribution in [0.1, 0.15) is 30.1 Å². The Morgan fingerprint density at radius 3 is 2.59 bits per heavy atom. The van der Waals surface area contributed by atoms with Crippen molar-refractivity contribution < 1.29 is 14.3 Å². The van der Waals surface area contributed by atoms with E-state index >= 15 is 0 Å². The number of nitrogens with one attached hydrogen (secondary N) is 1. The Bertz CT molecular complexity index is 362. The van der Waals surface area contributed by atoms with Gasteiger partial charge in [-0.15, -0.1) is 0 Å². The Balaban J connectivity index is 2.26. The van der Waals surface area contributed by atoms with Crippen molar-refractivity contribution in [3.05, 3.63) is 35.9 Å². The lowest BCUT2D eigenvalue weighted by atomic mass is 10.1. The first kappa shape index (κ1) is 13.2. The maximum absolute atomic E-state index is 11.6. The quantitative estimate of drug-likeness (QED) is 0.608. The van der Waals surface area contributed by atoms with Crippen LogP contribution >= 0.6 is 0 Å². The molecule has 92 valence electrons. The Morgan fingerprint density at radius 1 is 1.24 bits per heavy atom. The maximum atomic E-state index is 11.6. The van der Waals surface area contributed by atoms with Crippen LogP contribution in [0.15, 0.2) is 30.3 Å². The Hall–Kier alpha value is -1.84. The second kappa shape index (κ2) is 7.44. The predicted octanol–water partition coefficient (Wildman–Crippen LogP) is 2.40. The molecule has 0 atom stereocenters. The molecule has 1 aromatic rings. The van der Waals surface area contributed by atoms with E-state index in [0.717, 1.165) is 12.8 Å². The minimum Gasteiger partial charge on any atom is -0.450 e. The number of carbonyl (C=O) groups is 2. The third-order valence-electron chi connectivity index (χ3n) is 2.22. The number of carbonyl (C=O) groups excluding carboxylic acids is 2. The van der Waals surface area contributed by atoms with Gasteiger partial charge in [0.2, 0.25) is 0 Å². The van der Waals surface area contributed by atoms with Gasteiger partial charge in [-0.05, 0) is 6.42 Å². The van der Waals surface area contributed by atoms with E-state index in [1.165, 1.54) is 0 Å². The molecule has 1 rings (SSSR count). The van der Waals surface area contributed by atoms with Gasteiger partial charge in [0.15, 0.2) is 5.78 Å². The van der Waals surface area contributed by atoms with Gasteiger partial charge in [-0.2, -0.15) is 0 Å². The Labute approximate surface area is 101 Å². The molecule has 1 aromatic carbocycles. The van der Waals surface area contributed by atoms with Gasteiger partial charge in [-0.25, -0.2) is 4.79 Å². The van der Waals surface area contributed by atoms with Crippen molar-refractivity contribution in [1.82, 2.24) is 5.32 Å². The van der Waals surface area contributed by atoms with Gasteiger partial charge in [0.25, 0.3) is 0 Å². The molecule has 0 aromatic heterocycles. The number of benzene rings is 1. The average Bonchev–Trinajstić information content (AvgIpc) is 2.37. The highest BCUT2D eigenvalue weighted by atomic mass is 16.5. The summed E-state index contributed by atoms with van der Waals surface area (Å²) in [4.78, 5) is 22.8. The minimum absolute atomic E-state index is 0.0328. The summed E-state index contributed by atoms with van der Waals surface area (Å²) in [6.45, 7) is 2.37. The molecule has 0 fully saturated rings. The monoisotopic (exact) mass is 235 g/mol. The van der Waals surface area contributed by atoms with E-state index in [1.54, 1.807) is 24.3 Å². The number of unbranched alkanes of at least 4 members (excludes halogenated alkanes) is 1. The van der Waals surface area contributed by atoms with Gasteiger partial charge in [-0.3, -0.25) is 4.79 Å². The first-order valence-electron chi connectivity index (χ1n) is 5.73. The van der Waals surface area contributed by atoms with Gasteiger partial charge in [0, 0.05) is 5.56 Å². The SMILES string of the molecule is CCCCOC(=O)NCC(=O)c1ccccc1. The van der Waals surface area contributed by atoms with E-state index < -0.39 is 6.09 Å². The van der Waals surface area contributed by atoms with E-state index in [1.807, 2.05) is 13.0 Å². The summed E-state index contributed by atoms with van der Waals surface area (Å²) < 4.78 is 4.87. The zero-order valence-electron chi connectivity index (χ0n) is 9.94. The summed E-state index contributed by atoms with van der Waals surface area (Å²) in [5.74, 6) is -0.127. The Morgan fingerprint density at radius 2 is 1.94 bits per heavy atom. The lowest BCUT2D eigenvalue weighted by Gasteiger charge is -2.05. The second-order valence-electron chi connectivity index (χ2n) is 3.63. The fourth-order valence-corrected chi connectivity index (χ4v) is 1.24. The van der Waals surface area contributed by atoms with Crippen LogP contribution in [0.3, 0.4) is 0 Å². The molecule has 4 nitrogen and oxygen atoms in total. The standard InChI is InChI=1S/C13H17NO3/c1-2-3-9-17-13(16)14-10-12(15)11-7-5-4-6-8-11/h4-8H,2-3,9-10H2,1H3,(H,14,16). The third-order valence-corrected chi connectivity index (χ3v) is 2.22. The summed E-state index contributed by atoms with van der Waals surface area (Å²) in [7, 11) is 0. The normalized spacial score (nSPS) is 9.71. The molecule has 0 aliphatic heterocycles. The molecule has 0 aliphatic carbocycles. The molecule has 17 heavy (non-hydrogen) atoms. The van der Waals surface area contributed by atoms with Crippen LogP contribution in [-0.4, -0.2) is 25.0 Å². The molecule has 0 heterocycles. The number of hydrogen-bond acceptors (Lipinski definition) is 3. The van der Waals surface area contributed by atoms with Gasteiger partial charge in [0.05, 0.1) is 13.2 Å². The first-order chi connectivity index (χ1) is 8.24. The van der Waals surface area contributed by atoms with E-state index in [2.05, 4.69) is 5.32 Å². The summed E-state index contributed by atoms with van der Waals surface area (Å²) in [6.07, 6.45) is 1.26.